The van der Waals surface area contributed by atoms with Gasteiger partial charge in [-0.3, -0.25) is 9.36 Å². The quantitative estimate of drug-likeness (QED) is 0.0276. The highest BCUT2D eigenvalue weighted by Gasteiger charge is 2.23. The third kappa shape index (κ3) is 39.2. The molecule has 320 valence electrons. The van der Waals surface area contributed by atoms with E-state index in [1.807, 2.05) is 0 Å². The minimum absolute atomic E-state index is 0.170. The zero-order valence-corrected chi connectivity index (χ0v) is 35.6. The number of aliphatic hydroxyl groups is 1. The summed E-state index contributed by atoms with van der Waals surface area (Å²) in [7, 11) is -5.29. The van der Waals surface area contributed by atoms with Gasteiger partial charge < -0.3 is 28.8 Å². The first kappa shape index (κ1) is 38.5. The first-order valence-corrected chi connectivity index (χ1v) is 23.5. The molecule has 0 aliphatic heterocycles. The van der Waals surface area contributed by atoms with Crippen molar-refractivity contribution in [2.75, 3.05) is 40.7 Å². The van der Waals surface area contributed by atoms with Crippen LogP contribution >= 0.6 is 7.82 Å². The Morgan fingerprint density at radius 1 is 0.667 bits per heavy atom. The van der Waals surface area contributed by atoms with Crippen molar-refractivity contribution in [3.8, 4) is 0 Å². The smallest absolute Gasteiger partial charge is 0.268 e. The van der Waals surface area contributed by atoms with Gasteiger partial charge in [-0.2, -0.15) is 0 Å². The molecule has 2 N–H and O–H groups in total. The molecule has 1 unspecified atom stereocenters. The van der Waals surface area contributed by atoms with Crippen LogP contribution < -0.4 is 10.2 Å². The SMILES string of the molecule is [2H]C([2H])([2H])[N+](CCOP(=O)([O-])OC[C@H](NC(=O)CCCCCCCCCCC/C=C/CCCCCCCC)[C@H](O)/C=C/CCCCCCCCCCCCC)(C([2H])([2H])[2H])C([2H])([2H])[2H]. The number of unbranched alkanes of at least 4 members (excludes halogenated alkanes) is 26. The Labute approximate surface area is 347 Å². The van der Waals surface area contributed by atoms with Gasteiger partial charge in [0.25, 0.3) is 7.82 Å². The number of hydrogen-bond acceptors (Lipinski definition) is 6. The predicted octanol–water partition coefficient (Wildman–Crippen LogP) is 11.9. The number of allylic oxidation sites excluding steroid dienone is 3. The van der Waals surface area contributed by atoms with Gasteiger partial charge in [0, 0.05) is 6.42 Å². The normalized spacial score (nSPS) is 17.7. The van der Waals surface area contributed by atoms with Crippen LogP contribution in [0.25, 0.3) is 0 Å². The lowest BCUT2D eigenvalue weighted by atomic mass is 10.0. The number of carbonyl (C=O) groups excluding carboxylic acids is 1. The molecule has 54 heavy (non-hydrogen) atoms. The van der Waals surface area contributed by atoms with Crippen LogP contribution in [0.5, 0.6) is 0 Å². The number of aliphatic hydroxyl groups excluding tert-OH is 1. The van der Waals surface area contributed by atoms with Crippen LogP contribution in [0.15, 0.2) is 24.3 Å². The molecule has 0 radical (unpaired) electrons. The van der Waals surface area contributed by atoms with E-state index in [1.54, 1.807) is 6.08 Å². The van der Waals surface area contributed by atoms with E-state index in [1.165, 1.54) is 128 Å². The Kier molecular flexibility index (Phi) is 26.8. The zero-order valence-electron chi connectivity index (χ0n) is 43.7. The number of nitrogens with zero attached hydrogens (tertiary/aromatic N) is 1. The van der Waals surface area contributed by atoms with Crippen LogP contribution in [-0.4, -0.2) is 68.3 Å². The topological polar surface area (TPSA) is 108 Å². The molecule has 9 heteroatoms. The van der Waals surface area contributed by atoms with Gasteiger partial charge >= 0.3 is 0 Å². The summed E-state index contributed by atoms with van der Waals surface area (Å²) < 4.78 is 89.6. The first-order chi connectivity index (χ1) is 29.8. The van der Waals surface area contributed by atoms with Crippen LogP contribution in [0.1, 0.15) is 219 Å². The lowest BCUT2D eigenvalue weighted by Gasteiger charge is -2.29. The van der Waals surface area contributed by atoms with Gasteiger partial charge in [0.1, 0.15) is 13.2 Å². The lowest BCUT2D eigenvalue weighted by Crippen LogP contribution is -2.45. The summed E-state index contributed by atoms with van der Waals surface area (Å²) in [5.41, 5.74) is 0. The Bertz CT molecular complexity index is 1200. The predicted molar refractivity (Wildman–Crippen MR) is 228 cm³/mol. The van der Waals surface area contributed by atoms with Crippen molar-refractivity contribution in [1.29, 1.82) is 0 Å². The maximum absolute atomic E-state index is 13.0. The number of rotatable bonds is 41. The molecule has 0 aromatic heterocycles. The van der Waals surface area contributed by atoms with E-state index in [4.69, 9.17) is 21.4 Å². The Morgan fingerprint density at radius 2 is 1.07 bits per heavy atom. The second-order valence-electron chi connectivity index (χ2n) is 15.3. The van der Waals surface area contributed by atoms with Crippen LogP contribution in [0.4, 0.5) is 0 Å². The van der Waals surface area contributed by atoms with Crippen molar-refractivity contribution < 1.29 is 45.2 Å². The maximum Gasteiger partial charge on any atom is 0.268 e. The molecule has 0 aromatic carbocycles. The fourth-order valence-corrected chi connectivity index (χ4v) is 7.09. The van der Waals surface area contributed by atoms with Gasteiger partial charge in [-0.15, -0.1) is 0 Å². The molecule has 0 bridgehead atoms. The van der Waals surface area contributed by atoms with Gasteiger partial charge in [0.05, 0.1) is 52.0 Å². The number of quaternary nitrogens is 1. The summed E-state index contributed by atoms with van der Waals surface area (Å²) in [5.74, 6) is -0.390. The van der Waals surface area contributed by atoms with Gasteiger partial charge in [0.2, 0.25) is 5.91 Å². The molecule has 0 aliphatic rings. The zero-order chi connectivity index (χ0) is 47.5. The highest BCUT2D eigenvalue weighted by Crippen LogP contribution is 2.38. The molecule has 3 atom stereocenters. The summed E-state index contributed by atoms with van der Waals surface area (Å²) in [6, 6.07) is -1.19. The number of nitrogens with one attached hydrogen (secondary N) is 1. The number of amides is 1. The summed E-state index contributed by atoms with van der Waals surface area (Å²) >= 11 is 0. The van der Waals surface area contributed by atoms with E-state index in [9.17, 15) is 19.4 Å². The van der Waals surface area contributed by atoms with E-state index in [2.05, 4.69) is 31.3 Å². The van der Waals surface area contributed by atoms with Crippen LogP contribution in [-0.2, 0) is 18.4 Å². The minimum Gasteiger partial charge on any atom is -0.756 e. The summed E-state index contributed by atoms with van der Waals surface area (Å²) in [6.45, 7) is -9.33. The van der Waals surface area contributed by atoms with Gasteiger partial charge in [0.15, 0.2) is 0 Å². The highest BCUT2D eigenvalue weighted by molar-refractivity contribution is 7.45. The van der Waals surface area contributed by atoms with Crippen molar-refractivity contribution in [1.82, 2.24) is 5.32 Å². The third-order valence-electron chi connectivity index (χ3n) is 9.82. The largest absolute Gasteiger partial charge is 0.756 e. The summed E-state index contributed by atoms with van der Waals surface area (Å²) in [5, 5.41) is 13.7. The van der Waals surface area contributed by atoms with Crippen molar-refractivity contribution in [3.63, 3.8) is 0 Å². The lowest BCUT2D eigenvalue weighted by molar-refractivity contribution is -0.870. The molecule has 0 aliphatic carbocycles. The molecule has 1 amide bonds. The highest BCUT2D eigenvalue weighted by atomic mass is 31.2. The van der Waals surface area contributed by atoms with Crippen molar-refractivity contribution in [2.24, 2.45) is 0 Å². The molecule has 0 saturated carbocycles. The average molecular weight is 794 g/mol. The Morgan fingerprint density at radius 3 is 1.52 bits per heavy atom. The molecule has 0 aromatic rings. The second kappa shape index (κ2) is 37.6. The number of phosphoric ester groups is 1. The van der Waals surface area contributed by atoms with Gasteiger partial charge in [-0.1, -0.05) is 179 Å². The van der Waals surface area contributed by atoms with Crippen molar-refractivity contribution in [2.45, 2.75) is 219 Å². The molecular formula is C45H89N2O6P. The molecule has 0 fully saturated rings. The average Bonchev–Trinajstić information content (AvgIpc) is 3.19. The molecule has 0 heterocycles. The summed E-state index contributed by atoms with van der Waals surface area (Å²) in [4.78, 5) is 25.7. The van der Waals surface area contributed by atoms with Crippen molar-refractivity contribution >= 4 is 13.7 Å². The first-order valence-electron chi connectivity index (χ1n) is 26.5. The fraction of sp³-hybridized carbons (Fsp3) is 0.889. The summed E-state index contributed by atoms with van der Waals surface area (Å²) in [6.07, 6.45) is 40.6. The molecule has 0 rings (SSSR count). The van der Waals surface area contributed by atoms with Gasteiger partial charge in [-0.25, -0.2) is 0 Å². The minimum atomic E-state index is -5.29. The Balaban J connectivity index is 4.96. The van der Waals surface area contributed by atoms with E-state index in [0.29, 0.717) is 12.8 Å². The maximum atomic E-state index is 13.0. The number of likely N-dealkylation sites (N-methyl/N-ethyl adjacent to an activating group) is 1. The van der Waals surface area contributed by atoms with Gasteiger partial charge in [-0.05, 0) is 44.9 Å². The van der Waals surface area contributed by atoms with E-state index >= 15 is 0 Å². The number of hydrogen-bond donors (Lipinski definition) is 2. The van der Waals surface area contributed by atoms with Crippen LogP contribution in [0, 0.1) is 0 Å². The molecule has 8 nitrogen and oxygen atoms in total. The van der Waals surface area contributed by atoms with Crippen molar-refractivity contribution in [3.05, 3.63) is 24.3 Å². The van der Waals surface area contributed by atoms with Crippen LogP contribution in [0.3, 0.4) is 0 Å². The second-order valence-corrected chi connectivity index (χ2v) is 16.7. The fourth-order valence-electron chi connectivity index (χ4n) is 6.36. The third-order valence-corrected chi connectivity index (χ3v) is 10.8. The molecular weight excluding hydrogens is 695 g/mol. The van der Waals surface area contributed by atoms with E-state index in [0.717, 1.165) is 51.4 Å². The van der Waals surface area contributed by atoms with Crippen LogP contribution in [0.2, 0.25) is 0 Å². The van der Waals surface area contributed by atoms with E-state index < -0.39 is 65.1 Å². The Hall–Kier alpha value is -1.02. The molecule has 0 saturated heterocycles. The standard InChI is InChI=1S/C45H89N2O6P/c1-6-8-10-12-14-16-18-20-21-22-23-24-25-27-29-31-33-35-37-39-45(49)46-43(42-53-54(50,51)52-41-40-47(3,4)5)44(48)38-36-34-32-30-28-26-19-17-15-13-11-9-7-2/h20-21,36,38,43-44,48H,6-19,22-35,37,39-42H2,1-5H3,(H-,46,49,50,51)/b21-20+,38-36+/t43-,44+/m0/s1/i3D3,4D3,5D3. The van der Waals surface area contributed by atoms with E-state index in [-0.39, 0.29) is 12.3 Å². The molecule has 0 spiro atoms. The number of phosphoric acid groups is 1. The monoisotopic (exact) mass is 794 g/mol. The number of carbonyl (C=O) groups is 1.